The second kappa shape index (κ2) is 9.23. The van der Waals surface area contributed by atoms with Gasteiger partial charge in [-0.15, -0.1) is 0 Å². The van der Waals surface area contributed by atoms with Gasteiger partial charge in [0.25, 0.3) is 6.17 Å². The van der Waals surface area contributed by atoms with Crippen molar-refractivity contribution < 1.29 is 49.0 Å². The molecule has 5 nitrogen and oxygen atoms in total. The minimum Gasteiger partial charge on any atom is -0.495 e. The molecule has 0 aromatic heterocycles. The molecule has 2 aromatic rings. The molecule has 0 saturated carbocycles. The molecule has 0 amide bonds. The molecule has 2 rings (SSSR count). The third-order valence-electron chi connectivity index (χ3n) is 3.99. The average Bonchev–Trinajstić information content (AvgIpc) is 2.70. The summed E-state index contributed by atoms with van der Waals surface area (Å²) < 4.78 is 108. The number of halogens is 6. The zero-order valence-corrected chi connectivity index (χ0v) is 17.3. The molecule has 0 fully saturated rings. The molecule has 12 heteroatoms. The molecular formula is C20H16F6O5S. The Hall–Kier alpha value is -3.02. The van der Waals surface area contributed by atoms with Gasteiger partial charge in [-0.05, 0) is 42.0 Å². The molecule has 2 aromatic carbocycles. The lowest BCUT2D eigenvalue weighted by atomic mass is 10.1. The summed E-state index contributed by atoms with van der Waals surface area (Å²) in [6.45, 7) is 0. The lowest BCUT2D eigenvalue weighted by Gasteiger charge is -2.23. The van der Waals surface area contributed by atoms with Crippen LogP contribution in [-0.2, 0) is 9.84 Å². The molecule has 1 atom stereocenters. The first-order valence-electron chi connectivity index (χ1n) is 8.63. The highest BCUT2D eigenvalue weighted by molar-refractivity contribution is 7.90. The van der Waals surface area contributed by atoms with Crippen LogP contribution in [0.3, 0.4) is 0 Å². The molecule has 0 saturated heterocycles. The van der Waals surface area contributed by atoms with Crippen LogP contribution in [0.15, 0.2) is 53.4 Å². The molecule has 0 spiro atoms. The summed E-state index contributed by atoms with van der Waals surface area (Å²) >= 11 is 0. The molecule has 0 N–H and O–H groups in total. The number of sulfone groups is 1. The van der Waals surface area contributed by atoms with Gasteiger partial charge in [-0.1, -0.05) is 18.2 Å². The fourth-order valence-corrected chi connectivity index (χ4v) is 3.26. The van der Waals surface area contributed by atoms with Gasteiger partial charge in [-0.3, -0.25) is 4.79 Å². The Balaban J connectivity index is 2.14. The number of allylic oxidation sites excluding steroid dienone is 1. The molecule has 0 radical (unpaired) electrons. The minimum absolute atomic E-state index is 0.0285. The number of carbonyl (C=O) groups excluding carboxylic acids is 1. The predicted octanol–water partition coefficient (Wildman–Crippen LogP) is 4.87. The van der Waals surface area contributed by atoms with Crippen LogP contribution in [0.2, 0.25) is 0 Å². The summed E-state index contributed by atoms with van der Waals surface area (Å²) in [6, 6.07) is 7.79. The van der Waals surface area contributed by atoms with Gasteiger partial charge >= 0.3 is 12.3 Å². The summed E-state index contributed by atoms with van der Waals surface area (Å²) in [5.41, 5.74) is 0.396. The quantitative estimate of drug-likeness (QED) is 0.305. The fraction of sp³-hybridized carbons (Fsp3) is 0.250. The third-order valence-corrected chi connectivity index (χ3v) is 5.13. The Bertz CT molecular complexity index is 1110. The van der Waals surface area contributed by atoms with Crippen molar-refractivity contribution in [3.63, 3.8) is 0 Å². The number of alkyl halides is 6. The maximum absolute atomic E-state index is 13.3. The highest BCUT2D eigenvalue weighted by Crippen LogP contribution is 2.36. The number of hydrogen-bond acceptors (Lipinski definition) is 5. The summed E-state index contributed by atoms with van der Waals surface area (Å²) in [6.07, 6.45) is -12.1. The van der Waals surface area contributed by atoms with E-state index in [1.807, 2.05) is 0 Å². The van der Waals surface area contributed by atoms with Gasteiger partial charge in [0, 0.05) is 11.8 Å². The van der Waals surface area contributed by atoms with Crippen LogP contribution in [0, 0.1) is 0 Å². The van der Waals surface area contributed by atoms with Crippen molar-refractivity contribution in [2.75, 3.05) is 13.4 Å². The number of carbonyl (C=O) groups is 1. The van der Waals surface area contributed by atoms with Crippen LogP contribution < -0.4 is 9.47 Å². The van der Waals surface area contributed by atoms with E-state index in [-0.39, 0.29) is 16.2 Å². The highest BCUT2D eigenvalue weighted by atomic mass is 32.2. The Kier molecular flexibility index (Phi) is 7.28. The van der Waals surface area contributed by atoms with Crippen molar-refractivity contribution in [3.8, 4) is 11.5 Å². The Morgan fingerprint density at radius 3 is 2.12 bits per heavy atom. The molecule has 1 unspecified atom stereocenters. The fourth-order valence-electron chi connectivity index (χ4n) is 2.44. The normalized spacial score (nSPS) is 13.8. The summed E-state index contributed by atoms with van der Waals surface area (Å²) in [4.78, 5) is 12.2. The Labute approximate surface area is 179 Å². The van der Waals surface area contributed by atoms with Crippen molar-refractivity contribution in [1.82, 2.24) is 0 Å². The number of hydrogen-bond donors (Lipinski definition) is 0. The van der Waals surface area contributed by atoms with Crippen LogP contribution in [0.5, 0.6) is 11.5 Å². The first kappa shape index (κ1) is 25.2. The SMILES string of the molecule is COc1cc(C(=O)/C=C/c2ccc(OC(F)(F)C(F)C(F)(F)F)cc2)ccc1S(C)(=O)=O. The minimum atomic E-state index is -5.80. The maximum atomic E-state index is 13.3. The summed E-state index contributed by atoms with van der Waals surface area (Å²) in [7, 11) is -2.34. The molecule has 32 heavy (non-hydrogen) atoms. The van der Waals surface area contributed by atoms with E-state index in [0.717, 1.165) is 36.6 Å². The monoisotopic (exact) mass is 482 g/mol. The molecular weight excluding hydrogens is 466 g/mol. The van der Waals surface area contributed by atoms with Crippen LogP contribution in [0.4, 0.5) is 26.3 Å². The second-order valence-corrected chi connectivity index (χ2v) is 8.46. The van der Waals surface area contributed by atoms with Gasteiger partial charge in [0.15, 0.2) is 15.6 Å². The van der Waals surface area contributed by atoms with Crippen LogP contribution in [-0.4, -0.2) is 46.0 Å². The highest BCUT2D eigenvalue weighted by Gasteiger charge is 2.59. The van der Waals surface area contributed by atoms with Gasteiger partial charge in [0.1, 0.15) is 16.4 Å². The largest absolute Gasteiger partial charge is 0.495 e. The zero-order chi connectivity index (χ0) is 24.3. The average molecular weight is 482 g/mol. The first-order valence-corrected chi connectivity index (χ1v) is 10.5. The lowest BCUT2D eigenvalue weighted by Crippen LogP contribution is -2.45. The van der Waals surface area contributed by atoms with E-state index in [1.165, 1.54) is 31.4 Å². The third kappa shape index (κ3) is 6.25. The van der Waals surface area contributed by atoms with E-state index in [1.54, 1.807) is 0 Å². The summed E-state index contributed by atoms with van der Waals surface area (Å²) in [5.74, 6) is -1.29. The number of ketones is 1. The first-order chi connectivity index (χ1) is 14.6. The van der Waals surface area contributed by atoms with Crippen molar-refractivity contribution in [2.45, 2.75) is 23.4 Å². The van der Waals surface area contributed by atoms with Gasteiger partial charge in [-0.2, -0.15) is 22.0 Å². The molecule has 0 aliphatic rings. The molecule has 0 bridgehead atoms. The summed E-state index contributed by atoms with van der Waals surface area (Å²) in [5, 5.41) is 0. The number of ether oxygens (including phenoxy) is 2. The van der Waals surface area contributed by atoms with E-state index in [9.17, 15) is 39.6 Å². The maximum Gasteiger partial charge on any atom is 0.439 e. The van der Waals surface area contributed by atoms with E-state index < -0.39 is 39.8 Å². The number of benzene rings is 2. The number of methoxy groups -OCH3 is 1. The topological polar surface area (TPSA) is 69.7 Å². The Morgan fingerprint density at radius 1 is 1.03 bits per heavy atom. The van der Waals surface area contributed by atoms with Gasteiger partial charge < -0.3 is 9.47 Å². The Morgan fingerprint density at radius 2 is 1.62 bits per heavy atom. The van der Waals surface area contributed by atoms with Crippen molar-refractivity contribution in [2.24, 2.45) is 0 Å². The van der Waals surface area contributed by atoms with Crippen molar-refractivity contribution >= 4 is 21.7 Å². The van der Waals surface area contributed by atoms with Crippen LogP contribution in [0.1, 0.15) is 15.9 Å². The van der Waals surface area contributed by atoms with Crippen LogP contribution >= 0.6 is 0 Å². The van der Waals surface area contributed by atoms with E-state index in [4.69, 9.17) is 4.74 Å². The molecule has 0 aliphatic carbocycles. The van der Waals surface area contributed by atoms with Gasteiger partial charge in [0.05, 0.1) is 7.11 Å². The standard InChI is InChI=1S/C20H16F6O5S/c1-30-16-11-13(6-10-17(16)32(2,28)29)15(27)9-5-12-3-7-14(8-4-12)31-20(25,26)18(21)19(22,23)24/h3-11,18H,1-2H3/b9-5+. The van der Waals surface area contributed by atoms with E-state index in [0.29, 0.717) is 5.56 Å². The smallest absolute Gasteiger partial charge is 0.439 e. The lowest BCUT2D eigenvalue weighted by molar-refractivity contribution is -0.304. The van der Waals surface area contributed by atoms with E-state index >= 15 is 0 Å². The number of rotatable bonds is 8. The molecule has 0 heterocycles. The van der Waals surface area contributed by atoms with E-state index in [2.05, 4.69) is 4.74 Å². The molecule has 174 valence electrons. The molecule has 0 aliphatic heterocycles. The second-order valence-electron chi connectivity index (χ2n) is 6.47. The van der Waals surface area contributed by atoms with Crippen LogP contribution in [0.25, 0.3) is 6.08 Å². The van der Waals surface area contributed by atoms with Gasteiger partial charge in [-0.25, -0.2) is 12.8 Å². The predicted molar refractivity (Wildman–Crippen MR) is 102 cm³/mol. The van der Waals surface area contributed by atoms with Crippen molar-refractivity contribution in [3.05, 3.63) is 59.7 Å². The van der Waals surface area contributed by atoms with Crippen molar-refractivity contribution in [1.29, 1.82) is 0 Å². The van der Waals surface area contributed by atoms with Gasteiger partial charge in [0.2, 0.25) is 0 Å². The zero-order valence-electron chi connectivity index (χ0n) is 16.5.